The number of fused-ring (bicyclic) bond motifs is 7. The number of hydrogen-bond donors (Lipinski definition) is 0. The highest BCUT2D eigenvalue weighted by atomic mass is 14.3. The van der Waals surface area contributed by atoms with Crippen LogP contribution >= 0.6 is 0 Å². The van der Waals surface area contributed by atoms with Crippen molar-refractivity contribution in [3.05, 3.63) is 205 Å². The second-order valence-electron chi connectivity index (χ2n) is 13.2. The Morgan fingerprint density at radius 1 is 0.286 bits per heavy atom. The minimum atomic E-state index is 0.140. The molecule has 0 aromatic heterocycles. The second kappa shape index (κ2) is 11.2. The fourth-order valence-corrected chi connectivity index (χ4v) is 8.23. The van der Waals surface area contributed by atoms with Crippen molar-refractivity contribution in [1.29, 1.82) is 0 Å². The maximum Gasteiger partial charge on any atom is 0.0352 e. The summed E-state index contributed by atoms with van der Waals surface area (Å²) in [5.74, 6) is 0.140. The molecule has 9 aromatic carbocycles. The van der Waals surface area contributed by atoms with Crippen molar-refractivity contribution >= 4 is 32.3 Å². The van der Waals surface area contributed by atoms with E-state index in [4.69, 9.17) is 0 Å². The molecule has 0 nitrogen and oxygen atoms in total. The summed E-state index contributed by atoms with van der Waals surface area (Å²) in [6.07, 6.45) is 0. The van der Waals surface area contributed by atoms with Gasteiger partial charge in [0.25, 0.3) is 0 Å². The maximum atomic E-state index is 2.45. The zero-order valence-electron chi connectivity index (χ0n) is 27.0. The van der Waals surface area contributed by atoms with E-state index in [2.05, 4.69) is 188 Å². The summed E-state index contributed by atoms with van der Waals surface area (Å²) < 4.78 is 0. The molecular formula is C49H32. The van der Waals surface area contributed by atoms with Gasteiger partial charge in [-0.15, -0.1) is 0 Å². The lowest BCUT2D eigenvalue weighted by Crippen LogP contribution is -2.00. The van der Waals surface area contributed by atoms with E-state index >= 15 is 0 Å². The SMILES string of the molecule is c1ccc(-c2ccc3c(c2)-c2cc(-c4ccccc4)ccc2C3c2cccc(-c3c4ccccc4cc4c3ccc3ccccc34)c2)cc1. The van der Waals surface area contributed by atoms with Gasteiger partial charge in [0.1, 0.15) is 0 Å². The lowest BCUT2D eigenvalue weighted by molar-refractivity contribution is 1.02. The minimum Gasteiger partial charge on any atom is -0.0622 e. The molecule has 1 aliphatic carbocycles. The van der Waals surface area contributed by atoms with E-state index in [1.54, 1.807) is 0 Å². The van der Waals surface area contributed by atoms with Crippen LogP contribution in [0.1, 0.15) is 22.6 Å². The fraction of sp³-hybridized carbons (Fsp3) is 0.0204. The molecule has 0 aliphatic heterocycles. The molecular weight excluding hydrogens is 589 g/mol. The van der Waals surface area contributed by atoms with Crippen LogP contribution in [-0.2, 0) is 0 Å². The van der Waals surface area contributed by atoms with Gasteiger partial charge in [-0.1, -0.05) is 170 Å². The summed E-state index contributed by atoms with van der Waals surface area (Å²) in [6, 6.07) is 69.6. The molecule has 228 valence electrons. The van der Waals surface area contributed by atoms with E-state index in [-0.39, 0.29) is 5.92 Å². The van der Waals surface area contributed by atoms with Crippen molar-refractivity contribution in [2.75, 3.05) is 0 Å². The van der Waals surface area contributed by atoms with Crippen LogP contribution in [0.2, 0.25) is 0 Å². The fourth-order valence-electron chi connectivity index (χ4n) is 8.23. The normalized spacial score (nSPS) is 12.4. The number of benzene rings is 9. The van der Waals surface area contributed by atoms with Gasteiger partial charge >= 0.3 is 0 Å². The Kier molecular flexibility index (Phi) is 6.35. The van der Waals surface area contributed by atoms with Crippen molar-refractivity contribution in [2.24, 2.45) is 0 Å². The molecule has 0 spiro atoms. The minimum absolute atomic E-state index is 0.140. The zero-order chi connectivity index (χ0) is 32.3. The standard InChI is InChI=1S/C49H32/c1-3-12-32(13-4-1)35-23-26-43-46(29-35)47-30-36(33-14-5-2-6-15-33)24-27-44(47)49(43)39-19-11-18-38(28-39)48-41-21-10-8-17-37(41)31-45-40-20-9-7-16-34(40)22-25-42(45)48/h1-31,49H. The molecule has 0 bridgehead atoms. The Hall–Kier alpha value is -6.24. The Morgan fingerprint density at radius 2 is 0.857 bits per heavy atom. The molecule has 10 rings (SSSR count). The van der Waals surface area contributed by atoms with Crippen molar-refractivity contribution in [3.8, 4) is 44.5 Å². The Labute approximate surface area is 286 Å². The van der Waals surface area contributed by atoms with Gasteiger partial charge in [0.15, 0.2) is 0 Å². The predicted molar refractivity (Wildman–Crippen MR) is 208 cm³/mol. The molecule has 0 atom stereocenters. The third kappa shape index (κ3) is 4.53. The number of rotatable bonds is 4. The first-order chi connectivity index (χ1) is 24.3. The Morgan fingerprint density at radius 3 is 1.53 bits per heavy atom. The van der Waals surface area contributed by atoms with Crippen LogP contribution in [0.5, 0.6) is 0 Å². The smallest absolute Gasteiger partial charge is 0.0352 e. The van der Waals surface area contributed by atoms with Gasteiger partial charge in [0.2, 0.25) is 0 Å². The molecule has 1 aliphatic rings. The third-order valence-corrected chi connectivity index (χ3v) is 10.5. The van der Waals surface area contributed by atoms with Crippen molar-refractivity contribution < 1.29 is 0 Å². The lowest BCUT2D eigenvalue weighted by Gasteiger charge is -2.18. The second-order valence-corrected chi connectivity index (χ2v) is 13.2. The van der Waals surface area contributed by atoms with Crippen LogP contribution in [0, 0.1) is 0 Å². The molecule has 0 saturated heterocycles. The van der Waals surface area contributed by atoms with Crippen LogP contribution < -0.4 is 0 Å². The Bertz CT molecular complexity index is 2610. The highest BCUT2D eigenvalue weighted by Crippen LogP contribution is 2.51. The largest absolute Gasteiger partial charge is 0.0622 e. The molecule has 0 unspecified atom stereocenters. The van der Waals surface area contributed by atoms with E-state index in [1.807, 2.05) is 0 Å². The summed E-state index contributed by atoms with van der Waals surface area (Å²) >= 11 is 0. The van der Waals surface area contributed by atoms with Gasteiger partial charge in [-0.2, -0.15) is 0 Å². The quantitative estimate of drug-likeness (QED) is 0.136. The van der Waals surface area contributed by atoms with Gasteiger partial charge in [-0.05, 0) is 112 Å². The van der Waals surface area contributed by atoms with Crippen LogP contribution in [0.3, 0.4) is 0 Å². The van der Waals surface area contributed by atoms with Gasteiger partial charge in [-0.25, -0.2) is 0 Å². The summed E-state index contributed by atoms with van der Waals surface area (Å²) in [5, 5.41) is 7.72. The molecule has 0 fully saturated rings. The van der Waals surface area contributed by atoms with Crippen molar-refractivity contribution in [3.63, 3.8) is 0 Å². The zero-order valence-corrected chi connectivity index (χ0v) is 27.0. The first-order valence-corrected chi connectivity index (χ1v) is 17.1. The summed E-state index contributed by atoms with van der Waals surface area (Å²) in [5.41, 5.74) is 14.2. The van der Waals surface area contributed by atoms with Gasteiger partial charge in [0.05, 0.1) is 0 Å². The molecule has 49 heavy (non-hydrogen) atoms. The third-order valence-electron chi connectivity index (χ3n) is 10.5. The van der Waals surface area contributed by atoms with Gasteiger partial charge in [0, 0.05) is 5.92 Å². The summed E-state index contributed by atoms with van der Waals surface area (Å²) in [6.45, 7) is 0. The molecule has 0 N–H and O–H groups in total. The number of hydrogen-bond acceptors (Lipinski definition) is 0. The van der Waals surface area contributed by atoms with Crippen LogP contribution in [-0.4, -0.2) is 0 Å². The predicted octanol–water partition coefficient (Wildman–Crippen LogP) is 13.3. The summed E-state index contributed by atoms with van der Waals surface area (Å²) in [7, 11) is 0. The average Bonchev–Trinajstić information content (AvgIpc) is 3.50. The highest BCUT2D eigenvalue weighted by Gasteiger charge is 2.31. The van der Waals surface area contributed by atoms with Crippen molar-refractivity contribution in [2.45, 2.75) is 5.92 Å². The molecule has 0 heteroatoms. The summed E-state index contributed by atoms with van der Waals surface area (Å²) in [4.78, 5) is 0. The van der Waals surface area contributed by atoms with E-state index < -0.39 is 0 Å². The van der Waals surface area contributed by atoms with E-state index in [0.717, 1.165) is 0 Å². The van der Waals surface area contributed by atoms with Crippen LogP contribution in [0.25, 0.3) is 76.8 Å². The lowest BCUT2D eigenvalue weighted by atomic mass is 9.85. The molecule has 9 aromatic rings. The molecule has 0 heterocycles. The van der Waals surface area contributed by atoms with E-state index in [0.29, 0.717) is 0 Å². The molecule has 0 saturated carbocycles. The maximum absolute atomic E-state index is 2.45. The Balaban J connectivity index is 1.19. The van der Waals surface area contributed by atoms with Crippen LogP contribution in [0.4, 0.5) is 0 Å². The van der Waals surface area contributed by atoms with E-state index in [1.165, 1.54) is 93.5 Å². The monoisotopic (exact) mass is 620 g/mol. The first kappa shape index (κ1) is 27.8. The average molecular weight is 621 g/mol. The topological polar surface area (TPSA) is 0 Å². The highest BCUT2D eigenvalue weighted by molar-refractivity contribution is 6.20. The molecule has 0 amide bonds. The van der Waals surface area contributed by atoms with Gasteiger partial charge < -0.3 is 0 Å². The van der Waals surface area contributed by atoms with E-state index in [9.17, 15) is 0 Å². The first-order valence-electron chi connectivity index (χ1n) is 17.1. The van der Waals surface area contributed by atoms with Crippen molar-refractivity contribution in [1.82, 2.24) is 0 Å². The van der Waals surface area contributed by atoms with Crippen LogP contribution in [0.15, 0.2) is 188 Å². The van der Waals surface area contributed by atoms with Gasteiger partial charge in [-0.3, -0.25) is 0 Å². The molecule has 0 radical (unpaired) electrons.